The summed E-state index contributed by atoms with van der Waals surface area (Å²) in [5.41, 5.74) is 14.3. The Balaban J connectivity index is 2.12. The molecule has 1 aromatic carbocycles. The number of hydrogen-bond donors (Lipinski definition) is 2. The SMILES string of the molecule is Cc1nc(N)nc(-c2cccc(F)c2)c1C#Cc1ccc(N)nc1. The highest BCUT2D eigenvalue weighted by Gasteiger charge is 2.11. The average molecular weight is 319 g/mol. The summed E-state index contributed by atoms with van der Waals surface area (Å²) < 4.78 is 13.5. The molecule has 3 aromatic rings. The molecule has 0 atom stereocenters. The number of hydrogen-bond acceptors (Lipinski definition) is 5. The Kier molecular flexibility index (Phi) is 4.08. The number of aromatic nitrogens is 3. The van der Waals surface area contributed by atoms with Crippen LogP contribution in [0.5, 0.6) is 0 Å². The van der Waals surface area contributed by atoms with E-state index in [0.29, 0.717) is 33.9 Å². The molecule has 0 aliphatic rings. The minimum atomic E-state index is -0.357. The lowest BCUT2D eigenvalue weighted by Crippen LogP contribution is -2.03. The smallest absolute Gasteiger partial charge is 0.220 e. The van der Waals surface area contributed by atoms with Crippen LogP contribution in [0.25, 0.3) is 11.3 Å². The molecule has 0 saturated carbocycles. The lowest BCUT2D eigenvalue weighted by molar-refractivity contribution is 0.628. The fourth-order valence-electron chi connectivity index (χ4n) is 2.20. The van der Waals surface area contributed by atoms with E-state index in [1.165, 1.54) is 12.1 Å². The van der Waals surface area contributed by atoms with Crippen molar-refractivity contribution < 1.29 is 4.39 Å². The second-order valence-corrected chi connectivity index (χ2v) is 5.12. The molecule has 24 heavy (non-hydrogen) atoms. The van der Waals surface area contributed by atoms with Gasteiger partial charge in [-0.05, 0) is 31.2 Å². The Bertz CT molecular complexity index is 955. The second kappa shape index (κ2) is 6.34. The van der Waals surface area contributed by atoms with E-state index in [1.807, 2.05) is 0 Å². The molecule has 5 nitrogen and oxygen atoms in total. The number of nitrogens with two attached hydrogens (primary N) is 2. The zero-order valence-corrected chi connectivity index (χ0v) is 12.9. The first-order chi connectivity index (χ1) is 11.5. The van der Waals surface area contributed by atoms with Crippen LogP contribution in [0.4, 0.5) is 16.2 Å². The van der Waals surface area contributed by atoms with Gasteiger partial charge >= 0.3 is 0 Å². The van der Waals surface area contributed by atoms with Gasteiger partial charge in [-0.25, -0.2) is 19.3 Å². The van der Waals surface area contributed by atoms with Crippen molar-refractivity contribution in [2.24, 2.45) is 0 Å². The summed E-state index contributed by atoms with van der Waals surface area (Å²) in [6.45, 7) is 1.78. The minimum absolute atomic E-state index is 0.117. The van der Waals surface area contributed by atoms with Gasteiger partial charge in [-0.3, -0.25) is 0 Å². The lowest BCUT2D eigenvalue weighted by Gasteiger charge is -2.08. The molecule has 6 heteroatoms. The molecule has 3 rings (SSSR count). The van der Waals surface area contributed by atoms with Crippen molar-refractivity contribution in [3.63, 3.8) is 0 Å². The topological polar surface area (TPSA) is 90.7 Å². The van der Waals surface area contributed by atoms with Gasteiger partial charge in [0, 0.05) is 17.3 Å². The van der Waals surface area contributed by atoms with Crippen molar-refractivity contribution in [3.8, 4) is 23.1 Å². The van der Waals surface area contributed by atoms with Gasteiger partial charge in [0.25, 0.3) is 0 Å². The van der Waals surface area contributed by atoms with Gasteiger partial charge < -0.3 is 11.5 Å². The summed E-state index contributed by atoms with van der Waals surface area (Å²) >= 11 is 0. The normalized spacial score (nSPS) is 10.1. The number of rotatable bonds is 1. The average Bonchev–Trinajstić information content (AvgIpc) is 2.55. The number of nitrogens with zero attached hydrogens (tertiary/aromatic N) is 3. The highest BCUT2D eigenvalue weighted by molar-refractivity contribution is 5.69. The monoisotopic (exact) mass is 319 g/mol. The van der Waals surface area contributed by atoms with Crippen LogP contribution >= 0.6 is 0 Å². The number of benzene rings is 1. The molecule has 2 aromatic heterocycles. The van der Waals surface area contributed by atoms with Gasteiger partial charge in [0.05, 0.1) is 17.0 Å². The van der Waals surface area contributed by atoms with E-state index in [-0.39, 0.29) is 11.8 Å². The molecule has 0 radical (unpaired) electrons. The van der Waals surface area contributed by atoms with Gasteiger partial charge in [-0.2, -0.15) is 0 Å². The number of anilines is 2. The van der Waals surface area contributed by atoms with Crippen molar-refractivity contribution in [1.82, 2.24) is 15.0 Å². The maximum absolute atomic E-state index is 13.5. The predicted octanol–water partition coefficient (Wildman–Crippen LogP) is 2.55. The van der Waals surface area contributed by atoms with Crippen molar-refractivity contribution >= 4 is 11.8 Å². The largest absolute Gasteiger partial charge is 0.384 e. The molecule has 0 amide bonds. The molecule has 0 aliphatic heterocycles. The molecular formula is C18H14FN5. The predicted molar refractivity (Wildman–Crippen MR) is 91.2 cm³/mol. The van der Waals surface area contributed by atoms with E-state index in [0.717, 1.165) is 0 Å². The molecule has 4 N–H and O–H groups in total. The number of pyridine rings is 1. The maximum atomic E-state index is 13.5. The number of nitrogen functional groups attached to an aromatic ring is 2. The highest BCUT2D eigenvalue weighted by atomic mass is 19.1. The standard InChI is InChI=1S/C18H14FN5/c1-11-15(7-5-12-6-8-16(20)22-10-12)17(24-18(21)23-11)13-3-2-4-14(19)9-13/h2-4,6,8-10H,1H3,(H2,20,22)(H2,21,23,24). The molecule has 0 fully saturated rings. The van der Waals surface area contributed by atoms with E-state index in [1.54, 1.807) is 37.4 Å². The molecule has 0 spiro atoms. The molecule has 0 bridgehead atoms. The lowest BCUT2D eigenvalue weighted by atomic mass is 10.0. The first-order valence-corrected chi connectivity index (χ1v) is 7.16. The van der Waals surface area contributed by atoms with E-state index < -0.39 is 0 Å². The van der Waals surface area contributed by atoms with Crippen molar-refractivity contribution in [1.29, 1.82) is 0 Å². The fourth-order valence-corrected chi connectivity index (χ4v) is 2.20. The molecule has 2 heterocycles. The Morgan fingerprint density at radius 2 is 1.88 bits per heavy atom. The Hall–Kier alpha value is -3.46. The fraction of sp³-hybridized carbons (Fsp3) is 0.0556. The second-order valence-electron chi connectivity index (χ2n) is 5.12. The minimum Gasteiger partial charge on any atom is -0.384 e. The van der Waals surface area contributed by atoms with Gasteiger partial charge in [0.15, 0.2) is 0 Å². The summed E-state index contributed by atoms with van der Waals surface area (Å²) in [4.78, 5) is 12.4. The van der Waals surface area contributed by atoms with E-state index in [4.69, 9.17) is 11.5 Å². The Morgan fingerprint density at radius 3 is 2.58 bits per heavy atom. The molecule has 0 aliphatic carbocycles. The van der Waals surface area contributed by atoms with E-state index in [9.17, 15) is 4.39 Å². The molecular weight excluding hydrogens is 305 g/mol. The quantitative estimate of drug-likeness (QED) is 0.673. The van der Waals surface area contributed by atoms with Crippen LogP contribution in [0, 0.1) is 24.6 Å². The first kappa shape index (κ1) is 15.4. The van der Waals surface area contributed by atoms with Crippen LogP contribution in [0.15, 0.2) is 42.6 Å². The van der Waals surface area contributed by atoms with Gasteiger partial charge in [0.1, 0.15) is 11.6 Å². The maximum Gasteiger partial charge on any atom is 0.220 e. The zero-order chi connectivity index (χ0) is 17.1. The Labute approximate surface area is 138 Å². The highest BCUT2D eigenvalue weighted by Crippen LogP contribution is 2.24. The van der Waals surface area contributed by atoms with Crippen LogP contribution < -0.4 is 11.5 Å². The third-order valence-corrected chi connectivity index (χ3v) is 3.32. The number of aryl methyl sites for hydroxylation is 1. The van der Waals surface area contributed by atoms with Crippen LogP contribution in [0.1, 0.15) is 16.8 Å². The number of halogens is 1. The van der Waals surface area contributed by atoms with Crippen molar-refractivity contribution in [2.45, 2.75) is 6.92 Å². The van der Waals surface area contributed by atoms with Crippen LogP contribution in [-0.2, 0) is 0 Å². The van der Waals surface area contributed by atoms with E-state index >= 15 is 0 Å². The molecule has 118 valence electrons. The Morgan fingerprint density at radius 1 is 1.04 bits per heavy atom. The van der Waals surface area contributed by atoms with Crippen LogP contribution in [-0.4, -0.2) is 15.0 Å². The summed E-state index contributed by atoms with van der Waals surface area (Å²) in [7, 11) is 0. The summed E-state index contributed by atoms with van der Waals surface area (Å²) in [5, 5.41) is 0. The summed E-state index contributed by atoms with van der Waals surface area (Å²) in [5.74, 6) is 6.20. The van der Waals surface area contributed by atoms with Gasteiger partial charge in [-0.15, -0.1) is 0 Å². The van der Waals surface area contributed by atoms with Crippen LogP contribution in [0.2, 0.25) is 0 Å². The van der Waals surface area contributed by atoms with Crippen LogP contribution in [0.3, 0.4) is 0 Å². The van der Waals surface area contributed by atoms with Gasteiger partial charge in [-0.1, -0.05) is 24.0 Å². The van der Waals surface area contributed by atoms with Crippen molar-refractivity contribution in [3.05, 3.63) is 65.2 Å². The van der Waals surface area contributed by atoms with Crippen molar-refractivity contribution in [2.75, 3.05) is 11.5 Å². The first-order valence-electron chi connectivity index (χ1n) is 7.16. The molecule has 0 saturated heterocycles. The zero-order valence-electron chi connectivity index (χ0n) is 12.9. The van der Waals surface area contributed by atoms with E-state index in [2.05, 4.69) is 26.8 Å². The third-order valence-electron chi connectivity index (χ3n) is 3.32. The summed E-state index contributed by atoms with van der Waals surface area (Å²) in [6.07, 6.45) is 1.58. The third kappa shape index (κ3) is 3.31. The molecule has 0 unspecified atom stereocenters. The summed E-state index contributed by atoms with van der Waals surface area (Å²) in [6, 6.07) is 9.55. The van der Waals surface area contributed by atoms with Gasteiger partial charge in [0.2, 0.25) is 5.95 Å².